The Kier molecular flexibility index (Phi) is 5.59. The summed E-state index contributed by atoms with van der Waals surface area (Å²) in [6.07, 6.45) is -2.74. The van der Waals surface area contributed by atoms with Gasteiger partial charge in [-0.05, 0) is 59.1 Å². The van der Waals surface area contributed by atoms with Crippen molar-refractivity contribution < 1.29 is 22.9 Å². The molecule has 0 aliphatic carbocycles. The van der Waals surface area contributed by atoms with Crippen LogP contribution < -0.4 is 10.2 Å². The molecule has 1 aliphatic rings. The summed E-state index contributed by atoms with van der Waals surface area (Å²) in [4.78, 5) is 24.9. The zero-order chi connectivity index (χ0) is 20.5. The third-order valence-electron chi connectivity index (χ3n) is 4.42. The lowest BCUT2D eigenvalue weighted by atomic mass is 10.1. The standard InChI is InChI=1S/C18H15BrF3N3O3/c19-13-5-3-11(9-16(13)25(27)28)17(26)23-14-10-12(18(20,21)22)4-6-15(14)24-7-1-2-8-24/h3-6,9-10H,1-2,7-8H2,(H,23,26). The molecule has 28 heavy (non-hydrogen) atoms. The van der Waals surface area contributed by atoms with Crippen LogP contribution in [0.1, 0.15) is 28.8 Å². The van der Waals surface area contributed by atoms with Gasteiger partial charge >= 0.3 is 6.18 Å². The molecule has 1 N–H and O–H groups in total. The first-order chi connectivity index (χ1) is 13.2. The number of carbonyl (C=O) groups excluding carboxylic acids is 1. The molecule has 6 nitrogen and oxygen atoms in total. The van der Waals surface area contributed by atoms with E-state index < -0.39 is 22.6 Å². The van der Waals surface area contributed by atoms with E-state index >= 15 is 0 Å². The maximum absolute atomic E-state index is 13.1. The highest BCUT2D eigenvalue weighted by atomic mass is 79.9. The van der Waals surface area contributed by atoms with Crippen molar-refractivity contribution in [1.82, 2.24) is 0 Å². The lowest BCUT2D eigenvalue weighted by molar-refractivity contribution is -0.385. The Hall–Kier alpha value is -2.62. The summed E-state index contributed by atoms with van der Waals surface area (Å²) in [5, 5.41) is 13.5. The van der Waals surface area contributed by atoms with Crippen LogP contribution in [0.3, 0.4) is 0 Å². The Bertz CT molecular complexity index is 928. The number of rotatable bonds is 4. The van der Waals surface area contributed by atoms with Crippen LogP contribution in [-0.4, -0.2) is 23.9 Å². The molecule has 0 radical (unpaired) electrons. The monoisotopic (exact) mass is 457 g/mol. The van der Waals surface area contributed by atoms with Gasteiger partial charge in [-0.3, -0.25) is 14.9 Å². The minimum atomic E-state index is -4.56. The van der Waals surface area contributed by atoms with Gasteiger partial charge in [-0.2, -0.15) is 13.2 Å². The van der Waals surface area contributed by atoms with Crippen molar-refractivity contribution in [3.63, 3.8) is 0 Å². The quantitative estimate of drug-likeness (QED) is 0.503. The molecular weight excluding hydrogens is 443 g/mol. The highest BCUT2D eigenvalue weighted by Gasteiger charge is 2.32. The topological polar surface area (TPSA) is 75.5 Å². The van der Waals surface area contributed by atoms with Crippen molar-refractivity contribution in [2.75, 3.05) is 23.3 Å². The molecule has 1 amide bonds. The third-order valence-corrected chi connectivity index (χ3v) is 5.09. The minimum absolute atomic E-state index is 0.0206. The Labute approximate surface area is 166 Å². The van der Waals surface area contributed by atoms with Crippen molar-refractivity contribution in [3.8, 4) is 0 Å². The lowest BCUT2D eigenvalue weighted by Gasteiger charge is -2.23. The Morgan fingerprint density at radius 1 is 1.14 bits per heavy atom. The second-order valence-electron chi connectivity index (χ2n) is 6.30. The zero-order valence-corrected chi connectivity index (χ0v) is 16.0. The van der Waals surface area contributed by atoms with Crippen LogP contribution in [0.4, 0.5) is 30.2 Å². The van der Waals surface area contributed by atoms with Gasteiger partial charge in [0.25, 0.3) is 11.6 Å². The normalized spacial score (nSPS) is 14.2. The molecule has 0 unspecified atom stereocenters. The third kappa shape index (κ3) is 4.27. The van der Waals surface area contributed by atoms with E-state index in [9.17, 15) is 28.1 Å². The van der Waals surface area contributed by atoms with Crippen LogP contribution in [0, 0.1) is 10.1 Å². The summed E-state index contributed by atoms with van der Waals surface area (Å²) < 4.78 is 39.6. The molecule has 10 heteroatoms. The fourth-order valence-corrected chi connectivity index (χ4v) is 3.43. The van der Waals surface area contributed by atoms with E-state index in [1.165, 1.54) is 18.2 Å². The Morgan fingerprint density at radius 3 is 2.43 bits per heavy atom. The van der Waals surface area contributed by atoms with Gasteiger partial charge in [0.1, 0.15) is 0 Å². The number of anilines is 2. The zero-order valence-electron chi connectivity index (χ0n) is 14.4. The molecule has 1 saturated heterocycles. The Balaban J connectivity index is 1.96. The van der Waals surface area contributed by atoms with E-state index in [-0.39, 0.29) is 21.4 Å². The van der Waals surface area contributed by atoms with Crippen LogP contribution in [0.2, 0.25) is 0 Å². The molecule has 2 aromatic carbocycles. The van der Waals surface area contributed by atoms with Crippen molar-refractivity contribution in [3.05, 3.63) is 62.1 Å². The van der Waals surface area contributed by atoms with Crippen LogP contribution in [0.15, 0.2) is 40.9 Å². The number of nitrogens with zero attached hydrogens (tertiary/aromatic N) is 2. The Morgan fingerprint density at radius 2 is 1.82 bits per heavy atom. The molecule has 1 heterocycles. The van der Waals surface area contributed by atoms with Crippen LogP contribution >= 0.6 is 15.9 Å². The molecular formula is C18H15BrF3N3O3. The number of benzene rings is 2. The molecule has 1 fully saturated rings. The average Bonchev–Trinajstić information content (AvgIpc) is 3.15. The molecule has 0 spiro atoms. The SMILES string of the molecule is O=C(Nc1cc(C(F)(F)F)ccc1N1CCCC1)c1ccc(Br)c([N+](=O)[O-])c1. The second kappa shape index (κ2) is 7.78. The number of amides is 1. The van der Waals surface area contributed by atoms with Gasteiger partial charge in [-0.1, -0.05) is 0 Å². The predicted molar refractivity (Wildman–Crippen MR) is 102 cm³/mol. The molecule has 1 aliphatic heterocycles. The van der Waals surface area contributed by atoms with Crippen LogP contribution in [-0.2, 0) is 6.18 Å². The summed E-state index contributed by atoms with van der Waals surface area (Å²) >= 11 is 3.03. The molecule has 0 atom stereocenters. The number of nitro benzene ring substituents is 1. The van der Waals surface area contributed by atoms with E-state index in [0.717, 1.165) is 31.0 Å². The molecule has 0 aromatic heterocycles. The number of hydrogen-bond donors (Lipinski definition) is 1. The van der Waals surface area contributed by atoms with Gasteiger partial charge in [0, 0.05) is 24.7 Å². The maximum atomic E-state index is 13.1. The van der Waals surface area contributed by atoms with Gasteiger partial charge in [-0.25, -0.2) is 0 Å². The smallest absolute Gasteiger partial charge is 0.370 e. The van der Waals surface area contributed by atoms with E-state index in [0.29, 0.717) is 18.8 Å². The second-order valence-corrected chi connectivity index (χ2v) is 7.16. The van der Waals surface area contributed by atoms with Crippen LogP contribution in [0.25, 0.3) is 0 Å². The maximum Gasteiger partial charge on any atom is 0.416 e. The number of carbonyl (C=O) groups is 1. The number of nitrogens with one attached hydrogen (secondary N) is 1. The highest BCUT2D eigenvalue weighted by molar-refractivity contribution is 9.10. The summed E-state index contributed by atoms with van der Waals surface area (Å²) in [5.41, 5.74) is -0.707. The number of nitro groups is 1. The van der Waals surface area contributed by atoms with Crippen molar-refractivity contribution in [2.24, 2.45) is 0 Å². The van der Waals surface area contributed by atoms with Gasteiger partial charge in [-0.15, -0.1) is 0 Å². The largest absolute Gasteiger partial charge is 0.416 e. The summed E-state index contributed by atoms with van der Waals surface area (Å²) in [7, 11) is 0. The molecule has 0 saturated carbocycles. The van der Waals surface area contributed by atoms with Gasteiger partial charge in [0.15, 0.2) is 0 Å². The molecule has 0 bridgehead atoms. The van der Waals surface area contributed by atoms with Gasteiger partial charge in [0.05, 0.1) is 26.3 Å². The average molecular weight is 458 g/mol. The van der Waals surface area contributed by atoms with Gasteiger partial charge < -0.3 is 10.2 Å². The molecule has 148 valence electrons. The lowest BCUT2D eigenvalue weighted by Crippen LogP contribution is -2.22. The van der Waals surface area contributed by atoms with E-state index in [1.807, 2.05) is 4.90 Å². The van der Waals surface area contributed by atoms with Crippen LogP contribution in [0.5, 0.6) is 0 Å². The predicted octanol–water partition coefficient (Wildman–Crippen LogP) is 5.23. The fourth-order valence-electron chi connectivity index (χ4n) is 3.03. The molecule has 3 rings (SSSR count). The number of hydrogen-bond acceptors (Lipinski definition) is 4. The first-order valence-corrected chi connectivity index (χ1v) is 9.17. The summed E-state index contributed by atoms with van der Waals surface area (Å²) in [6.45, 7) is 1.36. The summed E-state index contributed by atoms with van der Waals surface area (Å²) in [5.74, 6) is -0.727. The number of halogens is 4. The van der Waals surface area contributed by atoms with Crippen molar-refractivity contribution >= 4 is 38.9 Å². The van der Waals surface area contributed by atoms with E-state index in [4.69, 9.17) is 0 Å². The van der Waals surface area contributed by atoms with Crippen molar-refractivity contribution in [1.29, 1.82) is 0 Å². The molecule has 2 aromatic rings. The minimum Gasteiger partial charge on any atom is -0.370 e. The fraction of sp³-hybridized carbons (Fsp3) is 0.278. The first-order valence-electron chi connectivity index (χ1n) is 8.38. The first kappa shape index (κ1) is 20.1. The van der Waals surface area contributed by atoms with E-state index in [1.54, 1.807) is 0 Å². The summed E-state index contributed by atoms with van der Waals surface area (Å²) in [6, 6.07) is 6.99. The van der Waals surface area contributed by atoms with Crippen molar-refractivity contribution in [2.45, 2.75) is 19.0 Å². The van der Waals surface area contributed by atoms with E-state index in [2.05, 4.69) is 21.2 Å². The highest BCUT2D eigenvalue weighted by Crippen LogP contribution is 2.37. The van der Waals surface area contributed by atoms with Gasteiger partial charge in [0.2, 0.25) is 0 Å². The number of alkyl halides is 3.